The van der Waals surface area contributed by atoms with Crippen LogP contribution in [-0.2, 0) is 22.9 Å². The second-order valence-electron chi connectivity index (χ2n) is 7.81. The molecule has 32 heavy (non-hydrogen) atoms. The number of amides is 2. The molecule has 0 saturated carbocycles. The highest BCUT2D eigenvalue weighted by Crippen LogP contribution is 2.34. The number of aryl methyl sites for hydroxylation is 2. The van der Waals surface area contributed by atoms with Gasteiger partial charge in [0.1, 0.15) is 0 Å². The van der Waals surface area contributed by atoms with Crippen molar-refractivity contribution in [3.63, 3.8) is 0 Å². The van der Waals surface area contributed by atoms with Crippen molar-refractivity contribution in [1.29, 1.82) is 0 Å². The Labute approximate surface area is 189 Å². The molecule has 0 bridgehead atoms. The molecule has 166 valence electrons. The van der Waals surface area contributed by atoms with Crippen LogP contribution in [0.15, 0.2) is 83.8 Å². The predicted octanol–water partition coefficient (Wildman–Crippen LogP) is 4.58. The van der Waals surface area contributed by atoms with Crippen molar-refractivity contribution in [2.45, 2.75) is 30.6 Å². The lowest BCUT2D eigenvalue weighted by Gasteiger charge is -2.31. The van der Waals surface area contributed by atoms with Crippen LogP contribution >= 0.6 is 0 Å². The van der Waals surface area contributed by atoms with Crippen LogP contribution in [0.25, 0.3) is 0 Å². The number of nitrogens with one attached hydrogen (secondary N) is 2. The molecule has 0 atom stereocenters. The average Bonchev–Trinajstić information content (AvgIpc) is 2.82. The summed E-state index contributed by atoms with van der Waals surface area (Å²) in [5.41, 5.74) is 3.40. The lowest BCUT2D eigenvalue weighted by Crippen LogP contribution is -2.35. The van der Waals surface area contributed by atoms with Gasteiger partial charge in [0.25, 0.3) is 10.0 Å². The van der Waals surface area contributed by atoms with E-state index in [-0.39, 0.29) is 10.9 Å². The number of nitrogens with zero attached hydrogens (tertiary/aromatic N) is 1. The van der Waals surface area contributed by atoms with Crippen LogP contribution in [0.4, 0.5) is 16.2 Å². The molecule has 1 heterocycles. The maximum Gasteiger partial charge on any atom is 0.319 e. The quantitative estimate of drug-likeness (QED) is 0.518. The highest BCUT2D eigenvalue weighted by Gasteiger charge is 2.29. The molecule has 0 fully saturated rings. The van der Waals surface area contributed by atoms with Gasteiger partial charge in [-0.15, -0.1) is 0 Å². The van der Waals surface area contributed by atoms with Gasteiger partial charge in [-0.2, -0.15) is 0 Å². The van der Waals surface area contributed by atoms with Crippen molar-refractivity contribution in [1.82, 2.24) is 5.32 Å². The van der Waals surface area contributed by atoms with E-state index in [9.17, 15) is 13.2 Å². The van der Waals surface area contributed by atoms with Crippen molar-refractivity contribution in [3.8, 4) is 0 Å². The summed E-state index contributed by atoms with van der Waals surface area (Å²) in [5, 5.41) is 5.70. The Morgan fingerprint density at radius 1 is 0.938 bits per heavy atom. The molecule has 0 aromatic heterocycles. The predicted molar refractivity (Wildman–Crippen MR) is 128 cm³/mol. The zero-order valence-electron chi connectivity index (χ0n) is 17.8. The Hall–Kier alpha value is -3.32. The van der Waals surface area contributed by atoms with Gasteiger partial charge in [0.15, 0.2) is 0 Å². The second-order valence-corrected chi connectivity index (χ2v) is 9.67. The smallest absolute Gasteiger partial charge is 0.319 e. The van der Waals surface area contributed by atoms with Crippen LogP contribution in [-0.4, -0.2) is 27.5 Å². The number of fused-ring (bicyclic) bond motifs is 1. The van der Waals surface area contributed by atoms with Crippen molar-refractivity contribution in [3.05, 3.63) is 90.0 Å². The molecule has 3 aromatic rings. The van der Waals surface area contributed by atoms with Gasteiger partial charge < -0.3 is 10.6 Å². The Morgan fingerprint density at radius 2 is 1.66 bits per heavy atom. The van der Waals surface area contributed by atoms with E-state index in [4.69, 9.17) is 0 Å². The van der Waals surface area contributed by atoms with Crippen molar-refractivity contribution in [2.24, 2.45) is 0 Å². The SMILES string of the molecule is O=C(NCCCc1ccccc1)Nc1ccc2c(c1)N(S(=O)(=O)c1ccccc1)CCC2. The monoisotopic (exact) mass is 449 g/mol. The minimum atomic E-state index is -3.66. The molecule has 4 rings (SSSR count). The summed E-state index contributed by atoms with van der Waals surface area (Å²) >= 11 is 0. The number of carbonyl (C=O) groups excluding carboxylic acids is 1. The van der Waals surface area contributed by atoms with Gasteiger partial charge >= 0.3 is 6.03 Å². The first-order chi connectivity index (χ1) is 15.5. The van der Waals surface area contributed by atoms with E-state index < -0.39 is 10.0 Å². The minimum Gasteiger partial charge on any atom is -0.338 e. The zero-order chi connectivity index (χ0) is 22.4. The number of carbonyl (C=O) groups is 1. The molecule has 1 aliphatic rings. The molecule has 0 aliphatic carbocycles. The Bertz CT molecular complexity index is 1170. The van der Waals surface area contributed by atoms with Crippen molar-refractivity contribution >= 4 is 27.4 Å². The van der Waals surface area contributed by atoms with Gasteiger partial charge in [0.05, 0.1) is 10.6 Å². The fourth-order valence-corrected chi connectivity index (χ4v) is 5.46. The molecule has 6 nitrogen and oxygen atoms in total. The molecule has 0 radical (unpaired) electrons. The maximum atomic E-state index is 13.2. The largest absolute Gasteiger partial charge is 0.338 e. The molecular formula is C25H27N3O3S. The first-order valence-corrected chi connectivity index (χ1v) is 12.3. The molecule has 0 unspecified atom stereocenters. The second kappa shape index (κ2) is 9.87. The number of urea groups is 1. The summed E-state index contributed by atoms with van der Waals surface area (Å²) in [6.07, 6.45) is 3.30. The highest BCUT2D eigenvalue weighted by molar-refractivity contribution is 7.92. The molecule has 0 saturated heterocycles. The van der Waals surface area contributed by atoms with Crippen LogP contribution in [0.5, 0.6) is 0 Å². The van der Waals surface area contributed by atoms with E-state index in [1.807, 2.05) is 30.3 Å². The summed E-state index contributed by atoms with van der Waals surface area (Å²) < 4.78 is 27.9. The third-order valence-corrected chi connectivity index (χ3v) is 7.35. The number of anilines is 2. The lowest BCUT2D eigenvalue weighted by molar-refractivity contribution is 0.252. The van der Waals surface area contributed by atoms with Gasteiger partial charge in [-0.3, -0.25) is 4.31 Å². The standard InChI is InChI=1S/C25H27N3O3S/c29-25(26-17-7-11-20-9-3-1-4-10-20)27-22-16-15-21-12-8-18-28(24(21)19-22)32(30,31)23-13-5-2-6-14-23/h1-6,9-10,13-16,19H,7-8,11-12,17-18H2,(H2,26,27,29). The van der Waals surface area contributed by atoms with Crippen LogP contribution in [0.3, 0.4) is 0 Å². The topological polar surface area (TPSA) is 78.5 Å². The number of benzene rings is 3. The highest BCUT2D eigenvalue weighted by atomic mass is 32.2. The van der Waals surface area contributed by atoms with Crippen LogP contribution in [0.2, 0.25) is 0 Å². The van der Waals surface area contributed by atoms with Crippen molar-refractivity contribution < 1.29 is 13.2 Å². The average molecular weight is 450 g/mol. The van der Waals surface area contributed by atoms with E-state index >= 15 is 0 Å². The minimum absolute atomic E-state index is 0.266. The van der Waals surface area contributed by atoms with Gasteiger partial charge in [-0.05, 0) is 61.1 Å². The normalized spacial score (nSPS) is 13.3. The molecule has 7 heteroatoms. The van der Waals surface area contributed by atoms with E-state index in [0.717, 1.165) is 31.2 Å². The number of rotatable bonds is 7. The van der Waals surface area contributed by atoms with Crippen molar-refractivity contribution in [2.75, 3.05) is 22.7 Å². The Kier molecular flexibility index (Phi) is 6.75. The zero-order valence-corrected chi connectivity index (χ0v) is 18.6. The molecule has 0 spiro atoms. The maximum absolute atomic E-state index is 13.2. The first-order valence-electron chi connectivity index (χ1n) is 10.8. The number of hydrogen-bond donors (Lipinski definition) is 2. The summed E-state index contributed by atoms with van der Waals surface area (Å²) in [7, 11) is -3.66. The van der Waals surface area contributed by atoms with E-state index in [1.165, 1.54) is 9.87 Å². The fraction of sp³-hybridized carbons (Fsp3) is 0.240. The summed E-state index contributed by atoms with van der Waals surface area (Å²) in [6.45, 7) is 0.972. The molecule has 1 aliphatic heterocycles. The molecule has 2 amide bonds. The van der Waals surface area contributed by atoms with Gasteiger partial charge in [0, 0.05) is 18.8 Å². The summed E-state index contributed by atoms with van der Waals surface area (Å²) in [4.78, 5) is 12.6. The number of sulfonamides is 1. The first kappa shape index (κ1) is 21.9. The van der Waals surface area contributed by atoms with Gasteiger partial charge in [0.2, 0.25) is 0 Å². The molecule has 3 aromatic carbocycles. The van der Waals surface area contributed by atoms with E-state index in [0.29, 0.717) is 24.5 Å². The number of hydrogen-bond acceptors (Lipinski definition) is 3. The van der Waals surface area contributed by atoms with Gasteiger partial charge in [-0.1, -0.05) is 54.6 Å². The Balaban J connectivity index is 1.41. The van der Waals surface area contributed by atoms with Crippen LogP contribution in [0.1, 0.15) is 24.0 Å². The molecular weight excluding hydrogens is 422 g/mol. The summed E-state index contributed by atoms with van der Waals surface area (Å²) in [5.74, 6) is 0. The van der Waals surface area contributed by atoms with Gasteiger partial charge in [-0.25, -0.2) is 13.2 Å². The fourth-order valence-electron chi connectivity index (χ4n) is 3.90. The van der Waals surface area contributed by atoms with Crippen LogP contribution in [0, 0.1) is 0 Å². The van der Waals surface area contributed by atoms with E-state index in [1.54, 1.807) is 36.4 Å². The lowest BCUT2D eigenvalue weighted by atomic mass is 10.0. The third kappa shape index (κ3) is 5.11. The third-order valence-electron chi connectivity index (χ3n) is 5.52. The Morgan fingerprint density at radius 3 is 2.41 bits per heavy atom. The van der Waals surface area contributed by atoms with E-state index in [2.05, 4.69) is 22.8 Å². The van der Waals surface area contributed by atoms with Crippen LogP contribution < -0.4 is 14.9 Å². The molecule has 2 N–H and O–H groups in total. The summed E-state index contributed by atoms with van der Waals surface area (Å²) in [6, 6.07) is 23.8.